The van der Waals surface area contributed by atoms with Crippen molar-refractivity contribution in [1.29, 1.82) is 0 Å². The van der Waals surface area contributed by atoms with E-state index in [-0.39, 0.29) is 23.6 Å². The second-order valence-corrected chi connectivity index (χ2v) is 7.98. The van der Waals surface area contributed by atoms with Gasteiger partial charge in [0.1, 0.15) is 17.3 Å². The van der Waals surface area contributed by atoms with Crippen LogP contribution in [0.4, 0.5) is 5.82 Å². The molecular formula is C16H17N5O4S2. The fourth-order valence-electron chi connectivity index (χ4n) is 2.25. The van der Waals surface area contributed by atoms with Crippen molar-refractivity contribution < 1.29 is 14.1 Å². The zero-order valence-electron chi connectivity index (χ0n) is 14.9. The van der Waals surface area contributed by atoms with Gasteiger partial charge in [0.15, 0.2) is 15.9 Å². The van der Waals surface area contributed by atoms with Gasteiger partial charge >= 0.3 is 0 Å². The molecule has 0 aliphatic heterocycles. The van der Waals surface area contributed by atoms with Gasteiger partial charge in [-0.3, -0.25) is 9.59 Å². The molecule has 0 bridgehead atoms. The summed E-state index contributed by atoms with van der Waals surface area (Å²) >= 11 is 2.92. The summed E-state index contributed by atoms with van der Waals surface area (Å²) in [5.74, 6) is 1.27. The van der Waals surface area contributed by atoms with Crippen LogP contribution in [-0.2, 0) is 17.1 Å². The monoisotopic (exact) mass is 407 g/mol. The number of ether oxygens (including phenoxy) is 1. The Bertz CT molecular complexity index is 1010. The molecular weight excluding hydrogens is 390 g/mol. The Morgan fingerprint density at radius 1 is 1.37 bits per heavy atom. The van der Waals surface area contributed by atoms with Gasteiger partial charge in [0.05, 0.1) is 13.3 Å². The number of rotatable bonds is 7. The van der Waals surface area contributed by atoms with Gasteiger partial charge in [-0.2, -0.15) is 0 Å². The lowest BCUT2D eigenvalue weighted by Crippen LogP contribution is -2.22. The van der Waals surface area contributed by atoms with E-state index >= 15 is 0 Å². The number of amides is 1. The predicted octanol–water partition coefficient (Wildman–Crippen LogP) is 2.24. The second kappa shape index (κ2) is 8.35. The zero-order chi connectivity index (χ0) is 19.4. The standard InChI is InChI=1S/C16H17N5O4S2/c1-9-4-14(20-25-9)17-15(23)7-21-6-13(24-3)12(22)5-11(21)8-26-16-19-18-10(2)27-16/h4-6H,7-8H2,1-3H3,(H,17,20,23). The molecule has 0 radical (unpaired) electrons. The van der Waals surface area contributed by atoms with Crippen LogP contribution in [0.15, 0.2) is 32.0 Å². The Hall–Kier alpha value is -2.66. The fourth-order valence-corrected chi connectivity index (χ4v) is 4.06. The third-order valence-electron chi connectivity index (χ3n) is 3.46. The average Bonchev–Trinajstić information content (AvgIpc) is 3.22. The highest BCUT2D eigenvalue weighted by molar-refractivity contribution is 8.00. The maximum atomic E-state index is 12.3. The van der Waals surface area contributed by atoms with Crippen LogP contribution >= 0.6 is 23.1 Å². The minimum absolute atomic E-state index is 0.00636. The number of nitrogens with zero attached hydrogens (tertiary/aromatic N) is 4. The first-order chi connectivity index (χ1) is 12.9. The van der Waals surface area contributed by atoms with Crippen molar-refractivity contribution in [3.63, 3.8) is 0 Å². The molecule has 3 rings (SSSR count). The van der Waals surface area contributed by atoms with E-state index in [1.165, 1.54) is 42.5 Å². The Balaban J connectivity index is 1.78. The van der Waals surface area contributed by atoms with Crippen molar-refractivity contribution in [2.75, 3.05) is 12.4 Å². The largest absolute Gasteiger partial charge is 0.491 e. The van der Waals surface area contributed by atoms with Crippen LogP contribution in [0.2, 0.25) is 0 Å². The summed E-state index contributed by atoms with van der Waals surface area (Å²) in [6.07, 6.45) is 1.53. The lowest BCUT2D eigenvalue weighted by molar-refractivity contribution is -0.116. The van der Waals surface area contributed by atoms with Gasteiger partial charge in [0.25, 0.3) is 0 Å². The number of methoxy groups -OCH3 is 1. The van der Waals surface area contributed by atoms with E-state index in [2.05, 4.69) is 20.7 Å². The number of hydrogen-bond acceptors (Lipinski definition) is 9. The number of hydrogen-bond donors (Lipinski definition) is 1. The Kier molecular flexibility index (Phi) is 5.91. The summed E-state index contributed by atoms with van der Waals surface area (Å²) < 4.78 is 12.5. The van der Waals surface area contributed by atoms with Gasteiger partial charge in [0.2, 0.25) is 11.3 Å². The van der Waals surface area contributed by atoms with Gasteiger partial charge in [-0.05, 0) is 13.8 Å². The van der Waals surface area contributed by atoms with Crippen LogP contribution < -0.4 is 15.5 Å². The number of carbonyl (C=O) groups excluding carboxylic acids is 1. The molecule has 11 heteroatoms. The number of aromatic nitrogens is 4. The van der Waals surface area contributed by atoms with Gasteiger partial charge < -0.3 is 19.1 Å². The summed E-state index contributed by atoms with van der Waals surface area (Å²) in [5.41, 5.74) is 0.426. The van der Waals surface area contributed by atoms with Gasteiger partial charge in [-0.1, -0.05) is 28.3 Å². The van der Waals surface area contributed by atoms with Crippen molar-refractivity contribution in [3.8, 4) is 5.75 Å². The molecule has 3 heterocycles. The molecule has 3 aromatic rings. The topological polar surface area (TPSA) is 112 Å². The maximum Gasteiger partial charge on any atom is 0.245 e. The Morgan fingerprint density at radius 3 is 2.81 bits per heavy atom. The van der Waals surface area contributed by atoms with E-state index in [1.54, 1.807) is 17.6 Å². The molecule has 1 N–H and O–H groups in total. The molecule has 0 aliphatic rings. The molecule has 0 saturated carbocycles. The van der Waals surface area contributed by atoms with Gasteiger partial charge in [-0.15, -0.1) is 10.2 Å². The number of pyridine rings is 1. The highest BCUT2D eigenvalue weighted by Gasteiger charge is 2.13. The summed E-state index contributed by atoms with van der Waals surface area (Å²) in [7, 11) is 1.41. The van der Waals surface area contributed by atoms with Crippen LogP contribution in [0.5, 0.6) is 5.75 Å². The van der Waals surface area contributed by atoms with E-state index in [0.29, 0.717) is 23.0 Å². The quantitative estimate of drug-likeness (QED) is 0.594. The van der Waals surface area contributed by atoms with Crippen LogP contribution in [0, 0.1) is 13.8 Å². The highest BCUT2D eigenvalue weighted by atomic mass is 32.2. The van der Waals surface area contributed by atoms with Crippen LogP contribution in [0.25, 0.3) is 0 Å². The SMILES string of the molecule is COc1cn(CC(=O)Nc2cc(C)on2)c(CSc2nnc(C)s2)cc1=O. The number of thioether (sulfide) groups is 1. The van der Waals surface area contributed by atoms with E-state index in [9.17, 15) is 9.59 Å². The normalized spacial score (nSPS) is 10.8. The minimum Gasteiger partial charge on any atom is -0.491 e. The second-order valence-electron chi connectivity index (χ2n) is 5.57. The highest BCUT2D eigenvalue weighted by Crippen LogP contribution is 2.25. The molecule has 142 valence electrons. The molecule has 9 nitrogen and oxygen atoms in total. The molecule has 0 fully saturated rings. The van der Waals surface area contributed by atoms with E-state index in [4.69, 9.17) is 9.26 Å². The summed E-state index contributed by atoms with van der Waals surface area (Å²) in [5, 5.41) is 15.3. The Labute approximate surface area is 162 Å². The molecule has 1 amide bonds. The van der Waals surface area contributed by atoms with Crippen molar-refractivity contribution in [2.45, 2.75) is 30.5 Å². The number of anilines is 1. The van der Waals surface area contributed by atoms with Crippen molar-refractivity contribution in [2.24, 2.45) is 0 Å². The lowest BCUT2D eigenvalue weighted by Gasteiger charge is -2.13. The fraction of sp³-hybridized carbons (Fsp3) is 0.312. The van der Waals surface area contributed by atoms with Crippen molar-refractivity contribution in [1.82, 2.24) is 19.9 Å². The number of carbonyl (C=O) groups is 1. The van der Waals surface area contributed by atoms with Crippen molar-refractivity contribution in [3.05, 3.63) is 45.0 Å². The molecule has 0 aromatic carbocycles. The van der Waals surface area contributed by atoms with Crippen LogP contribution in [0.3, 0.4) is 0 Å². The first kappa shape index (κ1) is 19.1. The third kappa shape index (κ3) is 4.95. The summed E-state index contributed by atoms with van der Waals surface area (Å²) in [6.45, 7) is 3.61. The summed E-state index contributed by atoms with van der Waals surface area (Å²) in [6, 6.07) is 3.09. The molecule has 0 unspecified atom stereocenters. The smallest absolute Gasteiger partial charge is 0.245 e. The summed E-state index contributed by atoms with van der Waals surface area (Å²) in [4.78, 5) is 24.5. The number of nitrogens with one attached hydrogen (secondary N) is 1. The van der Waals surface area contributed by atoms with E-state index in [0.717, 1.165) is 9.35 Å². The Morgan fingerprint density at radius 2 is 2.19 bits per heavy atom. The lowest BCUT2D eigenvalue weighted by atomic mass is 10.3. The molecule has 27 heavy (non-hydrogen) atoms. The average molecular weight is 407 g/mol. The molecule has 0 atom stereocenters. The van der Waals surface area contributed by atoms with E-state index in [1.807, 2.05) is 6.92 Å². The van der Waals surface area contributed by atoms with Crippen molar-refractivity contribution >= 4 is 34.8 Å². The third-order valence-corrected chi connectivity index (χ3v) is 5.47. The first-order valence-corrected chi connectivity index (χ1v) is 9.68. The minimum atomic E-state index is -0.299. The van der Waals surface area contributed by atoms with Gasteiger partial charge in [-0.25, -0.2) is 0 Å². The van der Waals surface area contributed by atoms with Crippen LogP contribution in [0.1, 0.15) is 16.5 Å². The predicted molar refractivity (Wildman–Crippen MR) is 101 cm³/mol. The van der Waals surface area contributed by atoms with Crippen LogP contribution in [-0.4, -0.2) is 32.9 Å². The molecule has 0 aliphatic carbocycles. The zero-order valence-corrected chi connectivity index (χ0v) is 16.5. The molecule has 3 aromatic heterocycles. The van der Waals surface area contributed by atoms with E-state index < -0.39 is 0 Å². The molecule has 0 saturated heterocycles. The number of aryl methyl sites for hydroxylation is 2. The first-order valence-electron chi connectivity index (χ1n) is 7.88. The molecule has 0 spiro atoms. The maximum absolute atomic E-state index is 12.3. The van der Waals surface area contributed by atoms with Gasteiger partial charge in [0, 0.05) is 23.6 Å².